The van der Waals surface area contributed by atoms with Gasteiger partial charge in [0.1, 0.15) is 16.8 Å². The average molecular weight is 579 g/mol. The van der Waals surface area contributed by atoms with Gasteiger partial charge in [-0.3, -0.25) is 0 Å². The molecule has 0 aliphatic carbocycles. The molecule has 0 fully saturated rings. The predicted octanol–water partition coefficient (Wildman–Crippen LogP) is 11.5. The molecule has 3 nitrogen and oxygen atoms in total. The van der Waals surface area contributed by atoms with Crippen LogP contribution in [0.25, 0.3) is 97.6 Å². The minimum atomic E-state index is 0.683. The molecule has 0 aliphatic heterocycles. The summed E-state index contributed by atoms with van der Waals surface area (Å²) < 4.78 is 8.99. The Bertz CT molecular complexity index is 2720. The van der Waals surface area contributed by atoms with Crippen molar-refractivity contribution in [2.24, 2.45) is 0 Å². The van der Waals surface area contributed by atoms with E-state index in [2.05, 4.69) is 97.1 Å². The average Bonchev–Trinajstić information content (AvgIpc) is 3.67. The Balaban J connectivity index is 1.25. The number of furan rings is 1. The van der Waals surface area contributed by atoms with E-state index in [1.54, 1.807) is 0 Å². The number of fused-ring (bicyclic) bond motifs is 6. The Hall–Kier alpha value is -5.58. The highest BCUT2D eigenvalue weighted by atomic mass is 32.1. The molecule has 0 spiro atoms. The first kappa shape index (κ1) is 23.9. The lowest BCUT2D eigenvalue weighted by Gasteiger charge is -2.14. The zero-order chi connectivity index (χ0) is 28.8. The maximum Gasteiger partial charge on any atom is 0.180 e. The van der Waals surface area contributed by atoms with Crippen LogP contribution in [0.1, 0.15) is 0 Å². The van der Waals surface area contributed by atoms with Gasteiger partial charge in [0.15, 0.2) is 11.4 Å². The summed E-state index contributed by atoms with van der Waals surface area (Å²) in [6.07, 6.45) is 0. The highest BCUT2D eigenvalue weighted by Gasteiger charge is 2.21. The summed E-state index contributed by atoms with van der Waals surface area (Å²) in [6.45, 7) is 0. The Morgan fingerprint density at radius 1 is 0.477 bits per heavy atom. The molecule has 0 saturated carbocycles. The fourth-order valence-corrected chi connectivity index (χ4v) is 8.07. The second-order valence-electron chi connectivity index (χ2n) is 11.3. The molecule has 0 unspecified atom stereocenters. The van der Waals surface area contributed by atoms with Crippen molar-refractivity contribution in [3.8, 4) is 33.8 Å². The first-order chi connectivity index (χ1) is 21.8. The fraction of sp³-hybridized carbons (Fsp3) is 0. The smallest absolute Gasteiger partial charge is 0.180 e. The molecular formula is C40H22N2OS. The van der Waals surface area contributed by atoms with E-state index in [1.807, 2.05) is 47.7 Å². The molecule has 0 atom stereocenters. The van der Waals surface area contributed by atoms with Gasteiger partial charge in [-0.1, -0.05) is 103 Å². The number of aromatic nitrogens is 2. The first-order valence-corrected chi connectivity index (χ1v) is 15.6. The Kier molecular flexibility index (Phi) is 4.87. The molecule has 44 heavy (non-hydrogen) atoms. The highest BCUT2D eigenvalue weighted by Crippen LogP contribution is 2.48. The van der Waals surface area contributed by atoms with Gasteiger partial charge in [0.05, 0.1) is 0 Å². The second kappa shape index (κ2) is 8.96. The molecule has 0 saturated heterocycles. The molecular weight excluding hydrogens is 557 g/mol. The van der Waals surface area contributed by atoms with E-state index in [9.17, 15) is 0 Å². The van der Waals surface area contributed by atoms with Crippen LogP contribution in [0.2, 0.25) is 0 Å². The van der Waals surface area contributed by atoms with E-state index in [4.69, 9.17) is 14.4 Å². The van der Waals surface area contributed by atoms with Crippen LogP contribution >= 0.6 is 11.3 Å². The van der Waals surface area contributed by atoms with Crippen LogP contribution in [0.5, 0.6) is 0 Å². The summed E-state index contributed by atoms with van der Waals surface area (Å²) >= 11 is 1.88. The van der Waals surface area contributed by atoms with Gasteiger partial charge in [-0.15, -0.1) is 11.3 Å². The molecule has 10 aromatic rings. The van der Waals surface area contributed by atoms with Gasteiger partial charge >= 0.3 is 0 Å². The monoisotopic (exact) mass is 578 g/mol. The van der Waals surface area contributed by atoms with Gasteiger partial charge in [0, 0.05) is 36.7 Å². The molecule has 3 heterocycles. The Morgan fingerprint density at radius 3 is 2.07 bits per heavy atom. The number of benzene rings is 7. The maximum absolute atomic E-state index is 6.34. The van der Waals surface area contributed by atoms with E-state index < -0.39 is 0 Å². The fourth-order valence-electron chi connectivity index (χ4n) is 6.93. The summed E-state index contributed by atoms with van der Waals surface area (Å²) in [6, 6.07) is 47.1. The molecule has 0 radical (unpaired) electrons. The molecule has 4 heteroatoms. The normalized spacial score (nSPS) is 12.1. The van der Waals surface area contributed by atoms with Crippen molar-refractivity contribution < 1.29 is 4.42 Å². The van der Waals surface area contributed by atoms with Gasteiger partial charge in [-0.05, 0) is 63.0 Å². The van der Waals surface area contributed by atoms with Gasteiger partial charge < -0.3 is 4.42 Å². The van der Waals surface area contributed by atoms with Crippen molar-refractivity contribution in [2.45, 2.75) is 0 Å². The van der Waals surface area contributed by atoms with Crippen molar-refractivity contribution in [2.75, 3.05) is 0 Å². The summed E-state index contributed by atoms with van der Waals surface area (Å²) in [4.78, 5) is 10.3. The van der Waals surface area contributed by atoms with E-state index in [0.29, 0.717) is 11.4 Å². The van der Waals surface area contributed by atoms with Crippen molar-refractivity contribution in [3.05, 3.63) is 133 Å². The number of nitrogens with zero attached hydrogens (tertiary/aromatic N) is 2. The summed E-state index contributed by atoms with van der Waals surface area (Å²) in [5, 5.41) is 8.93. The van der Waals surface area contributed by atoms with Crippen LogP contribution in [0.3, 0.4) is 0 Å². The van der Waals surface area contributed by atoms with Crippen LogP contribution in [0, 0.1) is 0 Å². The topological polar surface area (TPSA) is 38.9 Å². The molecule has 204 valence electrons. The number of thiophene rings is 1. The molecule has 7 aromatic carbocycles. The third-order valence-corrected chi connectivity index (χ3v) is 9.97. The Labute approximate surface area is 256 Å². The number of para-hydroxylation sites is 1. The number of hydrogen-bond donors (Lipinski definition) is 0. The van der Waals surface area contributed by atoms with E-state index in [1.165, 1.54) is 47.3 Å². The largest absolute Gasteiger partial charge is 0.452 e. The van der Waals surface area contributed by atoms with Crippen LogP contribution in [-0.4, -0.2) is 9.97 Å². The van der Waals surface area contributed by atoms with Crippen molar-refractivity contribution >= 4 is 75.1 Å². The molecule has 0 bridgehead atoms. The third-order valence-electron chi connectivity index (χ3n) is 8.85. The van der Waals surface area contributed by atoms with Crippen molar-refractivity contribution in [1.82, 2.24) is 9.97 Å². The van der Waals surface area contributed by atoms with E-state index >= 15 is 0 Å². The summed E-state index contributed by atoms with van der Waals surface area (Å²) in [7, 11) is 0. The second-order valence-corrected chi connectivity index (χ2v) is 12.4. The standard InChI is InChI=1S/C40H22N2OS/c1-2-10-23(11-3-1)37-39-38(30-16-6-7-18-31(30)43-39)42-40(41-37)25-13-8-12-24(22-25)26-20-21-33-36-34(26)28-15-5-4-14-27(28)29-17-9-19-32(44-33)35(29)36/h1-22H. The zero-order valence-corrected chi connectivity index (χ0v) is 24.2. The maximum atomic E-state index is 6.34. The predicted molar refractivity (Wildman–Crippen MR) is 185 cm³/mol. The lowest BCUT2D eigenvalue weighted by atomic mass is 9.89. The zero-order valence-electron chi connectivity index (χ0n) is 23.4. The lowest BCUT2D eigenvalue weighted by molar-refractivity contribution is 0.667. The van der Waals surface area contributed by atoms with Gasteiger partial charge in [0.2, 0.25) is 0 Å². The highest BCUT2D eigenvalue weighted by molar-refractivity contribution is 7.26. The quantitative estimate of drug-likeness (QED) is 0.196. The molecule has 10 rings (SSSR count). The SMILES string of the molecule is c1ccc(-c2nc(-c3cccc(-c4ccc5sc6cccc7c8ccccc8c4c5c67)c3)nc3c2oc2ccccc23)cc1. The minimum Gasteiger partial charge on any atom is -0.452 e. The first-order valence-electron chi connectivity index (χ1n) is 14.8. The molecule has 0 amide bonds. The summed E-state index contributed by atoms with van der Waals surface area (Å²) in [5.41, 5.74) is 7.50. The van der Waals surface area contributed by atoms with Gasteiger partial charge in [-0.25, -0.2) is 9.97 Å². The van der Waals surface area contributed by atoms with Crippen molar-refractivity contribution in [1.29, 1.82) is 0 Å². The van der Waals surface area contributed by atoms with E-state index in [-0.39, 0.29) is 0 Å². The Morgan fingerprint density at radius 2 is 1.16 bits per heavy atom. The molecule has 0 N–H and O–H groups in total. The molecule has 0 aliphatic rings. The molecule has 3 aromatic heterocycles. The van der Waals surface area contributed by atoms with Gasteiger partial charge in [0.25, 0.3) is 0 Å². The number of rotatable bonds is 3. The van der Waals surface area contributed by atoms with Crippen LogP contribution in [0.15, 0.2) is 138 Å². The van der Waals surface area contributed by atoms with Crippen LogP contribution in [0.4, 0.5) is 0 Å². The lowest BCUT2D eigenvalue weighted by Crippen LogP contribution is -1.94. The van der Waals surface area contributed by atoms with Crippen LogP contribution in [-0.2, 0) is 0 Å². The van der Waals surface area contributed by atoms with Gasteiger partial charge in [-0.2, -0.15) is 0 Å². The van der Waals surface area contributed by atoms with Crippen LogP contribution < -0.4 is 0 Å². The third kappa shape index (κ3) is 3.31. The minimum absolute atomic E-state index is 0.683. The number of hydrogen-bond acceptors (Lipinski definition) is 4. The van der Waals surface area contributed by atoms with Crippen molar-refractivity contribution in [3.63, 3.8) is 0 Å². The van der Waals surface area contributed by atoms with E-state index in [0.717, 1.165) is 38.9 Å². The summed E-state index contributed by atoms with van der Waals surface area (Å²) in [5.74, 6) is 0.683.